The second-order valence-electron chi connectivity index (χ2n) is 7.62. The minimum absolute atomic E-state index is 0.123. The zero-order valence-corrected chi connectivity index (χ0v) is 22.8. The number of rotatable bonds is 10. The lowest BCUT2D eigenvalue weighted by Crippen LogP contribution is -2.16. The Morgan fingerprint density at radius 3 is 2.47 bits per heavy atom. The Morgan fingerprint density at radius 1 is 1.06 bits per heavy atom. The minimum Gasteiger partial charge on any atom is -0.497 e. The van der Waals surface area contributed by atoms with Crippen LogP contribution in [0.25, 0.3) is 22.5 Å². The first-order valence-corrected chi connectivity index (χ1v) is 14.0. The number of hydrogen-bond acceptors (Lipinski definition) is 9. The van der Waals surface area contributed by atoms with Crippen molar-refractivity contribution in [2.75, 3.05) is 25.3 Å². The summed E-state index contributed by atoms with van der Waals surface area (Å²) in [6.45, 7) is 4.84. The summed E-state index contributed by atoms with van der Waals surface area (Å²) in [6.07, 6.45) is 0.975. The number of ether oxygens (including phenoxy) is 2. The summed E-state index contributed by atoms with van der Waals surface area (Å²) < 4.78 is 12.2. The maximum absolute atomic E-state index is 12.8. The summed E-state index contributed by atoms with van der Waals surface area (Å²) in [5.41, 5.74) is 2.88. The molecule has 0 saturated carbocycles. The Hall–Kier alpha value is -3.15. The summed E-state index contributed by atoms with van der Waals surface area (Å²) in [5.74, 6) is 0.879. The van der Waals surface area contributed by atoms with Gasteiger partial charge in [0.2, 0.25) is 5.91 Å². The van der Waals surface area contributed by atoms with Gasteiger partial charge in [0.1, 0.15) is 16.3 Å². The highest BCUT2D eigenvalue weighted by atomic mass is 32.2. The van der Waals surface area contributed by atoms with Crippen molar-refractivity contribution >= 4 is 51.3 Å². The van der Waals surface area contributed by atoms with Gasteiger partial charge in [-0.05, 0) is 37.1 Å². The third-order valence-electron chi connectivity index (χ3n) is 5.46. The Kier molecular flexibility index (Phi) is 8.44. The van der Waals surface area contributed by atoms with Gasteiger partial charge < -0.3 is 19.4 Å². The molecule has 188 valence electrons. The standard InChI is InChI=1S/C25H26N4O4S3/c1-5-18-11-16(12-34-18)22-27-28-25(29(22)6-2)36-14-20(30)26-23-21(24(31)33-4)19(13-35-23)15-7-9-17(32-3)10-8-15/h7-13H,5-6,14H2,1-4H3,(H,26,30). The lowest BCUT2D eigenvalue weighted by atomic mass is 10.0. The molecular formula is C25H26N4O4S3. The number of thiophene rings is 2. The number of esters is 1. The number of nitrogens with zero attached hydrogens (tertiary/aromatic N) is 3. The number of anilines is 1. The lowest BCUT2D eigenvalue weighted by Gasteiger charge is -2.09. The Labute approximate surface area is 221 Å². The molecule has 0 radical (unpaired) electrons. The van der Waals surface area contributed by atoms with Crippen LogP contribution in [0.15, 0.2) is 46.2 Å². The molecule has 0 aliphatic rings. The SMILES string of the molecule is CCc1cc(-c2nnc(SCC(=O)Nc3scc(-c4ccc(OC)cc4)c3C(=O)OC)n2CC)cs1. The van der Waals surface area contributed by atoms with Gasteiger partial charge in [0.05, 0.1) is 20.0 Å². The molecule has 8 nitrogen and oxygen atoms in total. The quantitative estimate of drug-likeness (QED) is 0.199. The molecular weight excluding hydrogens is 517 g/mol. The number of thioether (sulfide) groups is 1. The molecule has 0 unspecified atom stereocenters. The maximum Gasteiger partial charge on any atom is 0.341 e. The van der Waals surface area contributed by atoms with Crippen molar-refractivity contribution in [3.8, 4) is 28.3 Å². The third kappa shape index (κ3) is 5.48. The zero-order valence-electron chi connectivity index (χ0n) is 20.4. The van der Waals surface area contributed by atoms with Gasteiger partial charge in [-0.25, -0.2) is 4.79 Å². The van der Waals surface area contributed by atoms with E-state index in [0.717, 1.165) is 23.4 Å². The van der Waals surface area contributed by atoms with Crippen LogP contribution in [-0.2, 0) is 22.5 Å². The molecule has 3 aromatic heterocycles. The van der Waals surface area contributed by atoms with Crippen LogP contribution in [0.2, 0.25) is 0 Å². The average molecular weight is 543 g/mol. The van der Waals surface area contributed by atoms with Crippen molar-refractivity contribution in [3.63, 3.8) is 0 Å². The molecule has 0 aliphatic carbocycles. The van der Waals surface area contributed by atoms with E-state index in [9.17, 15) is 9.59 Å². The molecule has 0 atom stereocenters. The fourth-order valence-corrected chi connectivity index (χ4v) is 6.20. The number of benzene rings is 1. The molecule has 0 bridgehead atoms. The second kappa shape index (κ2) is 11.7. The van der Waals surface area contributed by atoms with Crippen molar-refractivity contribution in [1.82, 2.24) is 14.8 Å². The smallest absolute Gasteiger partial charge is 0.341 e. The van der Waals surface area contributed by atoms with Gasteiger partial charge in [-0.2, -0.15) is 0 Å². The summed E-state index contributed by atoms with van der Waals surface area (Å²) in [5, 5.41) is 16.6. The summed E-state index contributed by atoms with van der Waals surface area (Å²) in [4.78, 5) is 26.7. The van der Waals surface area contributed by atoms with Crippen LogP contribution >= 0.6 is 34.4 Å². The van der Waals surface area contributed by atoms with E-state index in [2.05, 4.69) is 33.9 Å². The number of aryl methyl sites for hydroxylation is 1. The molecule has 1 amide bonds. The highest BCUT2D eigenvalue weighted by molar-refractivity contribution is 7.99. The number of carbonyl (C=O) groups is 2. The molecule has 1 aromatic carbocycles. The Morgan fingerprint density at radius 2 is 1.83 bits per heavy atom. The van der Waals surface area contributed by atoms with Crippen LogP contribution in [0.1, 0.15) is 29.1 Å². The van der Waals surface area contributed by atoms with E-state index in [1.165, 1.54) is 35.1 Å². The van der Waals surface area contributed by atoms with Crippen molar-refractivity contribution in [2.45, 2.75) is 32.0 Å². The van der Waals surface area contributed by atoms with Gasteiger partial charge in [-0.15, -0.1) is 32.9 Å². The van der Waals surface area contributed by atoms with Gasteiger partial charge in [-0.1, -0.05) is 30.8 Å². The molecule has 0 fully saturated rings. The normalized spacial score (nSPS) is 10.9. The van der Waals surface area contributed by atoms with Gasteiger partial charge in [0.15, 0.2) is 11.0 Å². The number of carbonyl (C=O) groups excluding carboxylic acids is 2. The van der Waals surface area contributed by atoms with Crippen molar-refractivity contribution in [3.05, 3.63) is 51.5 Å². The highest BCUT2D eigenvalue weighted by Gasteiger charge is 2.23. The molecule has 36 heavy (non-hydrogen) atoms. The van der Waals surface area contributed by atoms with E-state index in [0.29, 0.717) is 33.6 Å². The van der Waals surface area contributed by atoms with E-state index < -0.39 is 5.97 Å². The van der Waals surface area contributed by atoms with Crippen LogP contribution in [-0.4, -0.2) is 46.6 Å². The predicted octanol–water partition coefficient (Wildman–Crippen LogP) is 5.84. The van der Waals surface area contributed by atoms with Crippen LogP contribution < -0.4 is 10.1 Å². The molecule has 0 spiro atoms. The maximum atomic E-state index is 12.8. The second-order valence-corrected chi connectivity index (χ2v) is 10.4. The molecule has 0 saturated heterocycles. The predicted molar refractivity (Wildman–Crippen MR) is 145 cm³/mol. The van der Waals surface area contributed by atoms with Crippen molar-refractivity contribution in [1.29, 1.82) is 0 Å². The number of nitrogens with one attached hydrogen (secondary N) is 1. The van der Waals surface area contributed by atoms with Crippen LogP contribution in [0.3, 0.4) is 0 Å². The molecule has 11 heteroatoms. The van der Waals surface area contributed by atoms with Gasteiger partial charge in [0, 0.05) is 33.3 Å². The molecule has 4 aromatic rings. The first kappa shape index (κ1) is 25.9. The molecule has 1 N–H and O–H groups in total. The Bertz CT molecular complexity index is 1360. The lowest BCUT2D eigenvalue weighted by molar-refractivity contribution is -0.113. The number of amides is 1. The van der Waals surface area contributed by atoms with E-state index in [1.807, 2.05) is 41.1 Å². The van der Waals surface area contributed by atoms with Crippen LogP contribution in [0, 0.1) is 0 Å². The van der Waals surface area contributed by atoms with Gasteiger partial charge in [-0.3, -0.25) is 4.79 Å². The van der Waals surface area contributed by atoms with Gasteiger partial charge in [0.25, 0.3) is 0 Å². The number of hydrogen-bond donors (Lipinski definition) is 1. The van der Waals surface area contributed by atoms with E-state index >= 15 is 0 Å². The largest absolute Gasteiger partial charge is 0.497 e. The van der Waals surface area contributed by atoms with Crippen molar-refractivity contribution < 1.29 is 19.1 Å². The van der Waals surface area contributed by atoms with Crippen molar-refractivity contribution in [2.24, 2.45) is 0 Å². The first-order chi connectivity index (χ1) is 17.5. The van der Waals surface area contributed by atoms with Crippen LogP contribution in [0.4, 0.5) is 5.00 Å². The first-order valence-electron chi connectivity index (χ1n) is 11.3. The fraction of sp³-hybridized carbons (Fsp3) is 0.280. The minimum atomic E-state index is -0.511. The van der Waals surface area contributed by atoms with Gasteiger partial charge >= 0.3 is 5.97 Å². The van der Waals surface area contributed by atoms with E-state index in [4.69, 9.17) is 9.47 Å². The molecule has 4 rings (SSSR count). The number of aromatic nitrogens is 3. The highest BCUT2D eigenvalue weighted by Crippen LogP contribution is 2.37. The third-order valence-corrected chi connectivity index (χ3v) is 8.40. The topological polar surface area (TPSA) is 95.3 Å². The average Bonchev–Trinajstić information content (AvgIpc) is 3.64. The Balaban J connectivity index is 1.49. The summed E-state index contributed by atoms with van der Waals surface area (Å²) in [7, 11) is 2.92. The summed E-state index contributed by atoms with van der Waals surface area (Å²) >= 11 is 4.30. The van der Waals surface area contributed by atoms with Crippen LogP contribution in [0.5, 0.6) is 5.75 Å². The molecule has 0 aliphatic heterocycles. The zero-order chi connectivity index (χ0) is 25.7. The van der Waals surface area contributed by atoms with E-state index in [1.54, 1.807) is 18.4 Å². The van der Waals surface area contributed by atoms with E-state index in [-0.39, 0.29) is 11.7 Å². The monoisotopic (exact) mass is 542 g/mol. The number of methoxy groups -OCH3 is 2. The molecule has 3 heterocycles. The fourth-order valence-electron chi connectivity index (χ4n) is 3.61. The summed E-state index contributed by atoms with van der Waals surface area (Å²) in [6, 6.07) is 9.50.